The van der Waals surface area contributed by atoms with Crippen molar-refractivity contribution < 1.29 is 9.72 Å². The largest absolute Gasteiger partial charge is 0.337 e. The molecule has 1 amide bonds. The number of nitrogens with zero attached hydrogens (tertiary/aromatic N) is 4. The van der Waals surface area contributed by atoms with Crippen LogP contribution in [0.25, 0.3) is 0 Å². The van der Waals surface area contributed by atoms with Crippen molar-refractivity contribution in [2.24, 2.45) is 0 Å². The van der Waals surface area contributed by atoms with E-state index < -0.39 is 4.92 Å². The molecule has 2 aromatic rings. The standard InChI is InChI=1S/C20H24N4O3/c1-22(20(25)14-16-5-4-6-18(13-16)24(26)27)19(15-23-11-2-3-12-23)17-7-9-21-10-8-17/h4-10,13,19H,2-3,11-12,14-15H2,1H3. The second-order valence-electron chi connectivity index (χ2n) is 6.91. The Morgan fingerprint density at radius 2 is 1.96 bits per heavy atom. The van der Waals surface area contributed by atoms with E-state index in [1.165, 1.54) is 25.0 Å². The zero-order valence-corrected chi connectivity index (χ0v) is 15.5. The van der Waals surface area contributed by atoms with Crippen LogP contribution in [0.1, 0.15) is 30.0 Å². The first-order valence-electron chi connectivity index (χ1n) is 9.16. The van der Waals surface area contributed by atoms with Crippen LogP contribution >= 0.6 is 0 Å². The summed E-state index contributed by atoms with van der Waals surface area (Å²) in [5.41, 5.74) is 1.70. The van der Waals surface area contributed by atoms with Crippen molar-refractivity contribution >= 4 is 11.6 Å². The topological polar surface area (TPSA) is 79.6 Å². The van der Waals surface area contributed by atoms with Crippen LogP contribution in [0, 0.1) is 10.1 Å². The number of rotatable bonds is 7. The highest BCUT2D eigenvalue weighted by atomic mass is 16.6. The van der Waals surface area contributed by atoms with Crippen LogP contribution in [-0.4, -0.2) is 52.3 Å². The average Bonchev–Trinajstić information content (AvgIpc) is 3.19. The molecule has 1 atom stereocenters. The first-order valence-corrected chi connectivity index (χ1v) is 9.16. The molecule has 7 heteroatoms. The number of nitro groups is 1. The van der Waals surface area contributed by atoms with Crippen LogP contribution in [0.2, 0.25) is 0 Å². The minimum absolute atomic E-state index is 0.00528. The molecule has 1 saturated heterocycles. The fourth-order valence-corrected chi connectivity index (χ4v) is 3.50. The summed E-state index contributed by atoms with van der Waals surface area (Å²) < 4.78 is 0. The Bertz CT molecular complexity index is 791. The smallest absolute Gasteiger partial charge is 0.269 e. The number of benzene rings is 1. The molecule has 3 rings (SSSR count). The molecular weight excluding hydrogens is 344 g/mol. The van der Waals surface area contributed by atoms with Gasteiger partial charge in [-0.2, -0.15) is 0 Å². The Balaban J connectivity index is 1.76. The number of likely N-dealkylation sites (tertiary alicyclic amines) is 1. The number of likely N-dealkylation sites (N-methyl/N-ethyl adjacent to an activating group) is 1. The third kappa shape index (κ3) is 4.89. The third-order valence-corrected chi connectivity index (χ3v) is 5.06. The van der Waals surface area contributed by atoms with Gasteiger partial charge in [0.25, 0.3) is 5.69 Å². The average molecular weight is 368 g/mol. The molecule has 0 N–H and O–H groups in total. The molecule has 0 spiro atoms. The lowest BCUT2D eigenvalue weighted by molar-refractivity contribution is -0.384. The quantitative estimate of drug-likeness (QED) is 0.555. The number of hydrogen-bond acceptors (Lipinski definition) is 5. The number of nitro benzene ring substituents is 1. The second kappa shape index (κ2) is 8.73. The summed E-state index contributed by atoms with van der Waals surface area (Å²) in [7, 11) is 1.81. The maximum atomic E-state index is 12.9. The zero-order chi connectivity index (χ0) is 19.2. The monoisotopic (exact) mass is 368 g/mol. The number of carbonyl (C=O) groups excluding carboxylic acids is 1. The Morgan fingerprint density at radius 1 is 1.26 bits per heavy atom. The van der Waals surface area contributed by atoms with Gasteiger partial charge in [0.2, 0.25) is 5.91 Å². The van der Waals surface area contributed by atoms with E-state index in [-0.39, 0.29) is 24.1 Å². The van der Waals surface area contributed by atoms with Crippen LogP contribution in [0.5, 0.6) is 0 Å². The molecule has 0 radical (unpaired) electrons. The molecule has 1 fully saturated rings. The van der Waals surface area contributed by atoms with Gasteiger partial charge in [0, 0.05) is 38.1 Å². The molecule has 1 unspecified atom stereocenters. The predicted octanol–water partition coefficient (Wildman–Crippen LogP) is 2.83. The summed E-state index contributed by atoms with van der Waals surface area (Å²) in [6.45, 7) is 2.88. The third-order valence-electron chi connectivity index (χ3n) is 5.06. The van der Waals surface area contributed by atoms with Gasteiger partial charge in [-0.3, -0.25) is 19.9 Å². The number of aromatic nitrogens is 1. The van der Waals surface area contributed by atoms with Gasteiger partial charge in [-0.05, 0) is 49.2 Å². The van der Waals surface area contributed by atoms with Crippen molar-refractivity contribution in [2.45, 2.75) is 25.3 Å². The highest BCUT2D eigenvalue weighted by Crippen LogP contribution is 2.24. The van der Waals surface area contributed by atoms with Gasteiger partial charge in [-0.1, -0.05) is 12.1 Å². The Labute approximate surface area is 158 Å². The molecule has 2 heterocycles. The lowest BCUT2D eigenvalue weighted by atomic mass is 10.0. The van der Waals surface area contributed by atoms with Crippen molar-refractivity contribution in [1.29, 1.82) is 0 Å². The highest BCUT2D eigenvalue weighted by molar-refractivity contribution is 5.79. The highest BCUT2D eigenvalue weighted by Gasteiger charge is 2.25. The molecule has 0 aliphatic carbocycles. The Morgan fingerprint density at radius 3 is 2.63 bits per heavy atom. The van der Waals surface area contributed by atoms with Gasteiger partial charge in [0.15, 0.2) is 0 Å². The van der Waals surface area contributed by atoms with Crippen LogP contribution < -0.4 is 0 Å². The number of amides is 1. The number of non-ortho nitro benzene ring substituents is 1. The van der Waals surface area contributed by atoms with Crippen molar-refractivity contribution in [3.8, 4) is 0 Å². The molecule has 1 aromatic heterocycles. The summed E-state index contributed by atoms with van der Waals surface area (Å²) in [5, 5.41) is 11.0. The maximum Gasteiger partial charge on any atom is 0.269 e. The van der Waals surface area contributed by atoms with E-state index >= 15 is 0 Å². The van der Waals surface area contributed by atoms with Gasteiger partial charge in [0.05, 0.1) is 17.4 Å². The molecule has 27 heavy (non-hydrogen) atoms. The van der Waals surface area contributed by atoms with Crippen LogP contribution in [0.15, 0.2) is 48.8 Å². The van der Waals surface area contributed by atoms with Crippen molar-refractivity contribution in [2.75, 3.05) is 26.7 Å². The van der Waals surface area contributed by atoms with E-state index in [4.69, 9.17) is 0 Å². The van der Waals surface area contributed by atoms with E-state index in [2.05, 4.69) is 9.88 Å². The SMILES string of the molecule is CN(C(=O)Cc1cccc([N+](=O)[O-])c1)C(CN1CCCC1)c1ccncc1. The predicted molar refractivity (Wildman–Crippen MR) is 102 cm³/mol. The molecule has 1 aromatic carbocycles. The van der Waals surface area contributed by atoms with E-state index in [1.807, 2.05) is 12.1 Å². The molecule has 0 bridgehead atoms. The van der Waals surface area contributed by atoms with Crippen molar-refractivity contribution in [1.82, 2.24) is 14.8 Å². The number of hydrogen-bond donors (Lipinski definition) is 0. The lowest BCUT2D eigenvalue weighted by Crippen LogP contribution is -2.39. The summed E-state index contributed by atoms with van der Waals surface area (Å²) in [4.78, 5) is 31.6. The maximum absolute atomic E-state index is 12.9. The number of pyridine rings is 1. The lowest BCUT2D eigenvalue weighted by Gasteiger charge is -2.32. The van der Waals surface area contributed by atoms with Crippen LogP contribution in [-0.2, 0) is 11.2 Å². The van der Waals surface area contributed by atoms with Gasteiger partial charge in [-0.15, -0.1) is 0 Å². The first-order chi connectivity index (χ1) is 13.0. The minimum Gasteiger partial charge on any atom is -0.337 e. The van der Waals surface area contributed by atoms with Gasteiger partial charge < -0.3 is 9.80 Å². The molecule has 1 aliphatic rings. The first kappa shape index (κ1) is 19.0. The van der Waals surface area contributed by atoms with Crippen molar-refractivity contribution in [3.63, 3.8) is 0 Å². The molecule has 0 saturated carbocycles. The minimum atomic E-state index is -0.440. The van der Waals surface area contributed by atoms with E-state index in [9.17, 15) is 14.9 Å². The van der Waals surface area contributed by atoms with Crippen LogP contribution in [0.4, 0.5) is 5.69 Å². The van der Waals surface area contributed by atoms with Crippen LogP contribution in [0.3, 0.4) is 0 Å². The molecular formula is C20H24N4O3. The zero-order valence-electron chi connectivity index (χ0n) is 15.5. The van der Waals surface area contributed by atoms with Gasteiger partial charge in [-0.25, -0.2) is 0 Å². The summed E-state index contributed by atoms with van der Waals surface area (Å²) in [6.07, 6.45) is 6.00. The number of carbonyl (C=O) groups is 1. The van der Waals surface area contributed by atoms with Gasteiger partial charge >= 0.3 is 0 Å². The molecule has 1 aliphatic heterocycles. The fourth-order valence-electron chi connectivity index (χ4n) is 3.50. The van der Waals surface area contributed by atoms with E-state index in [0.29, 0.717) is 5.56 Å². The Kier molecular flexibility index (Phi) is 6.13. The second-order valence-corrected chi connectivity index (χ2v) is 6.91. The van der Waals surface area contributed by atoms with E-state index in [0.717, 1.165) is 25.2 Å². The summed E-state index contributed by atoms with van der Waals surface area (Å²) in [5.74, 6) is -0.0588. The molecule has 142 valence electrons. The molecule has 7 nitrogen and oxygen atoms in total. The fraction of sp³-hybridized carbons (Fsp3) is 0.400. The normalized spacial score (nSPS) is 15.4. The van der Waals surface area contributed by atoms with E-state index in [1.54, 1.807) is 36.5 Å². The summed E-state index contributed by atoms with van der Waals surface area (Å²) >= 11 is 0. The van der Waals surface area contributed by atoms with Gasteiger partial charge in [0.1, 0.15) is 0 Å². The Hall–Kier alpha value is -2.80. The van der Waals surface area contributed by atoms with Crippen molar-refractivity contribution in [3.05, 3.63) is 70.0 Å². The summed E-state index contributed by atoms with van der Waals surface area (Å²) in [6, 6.07) is 10.1.